The number of aromatic carboxylic acids is 1. The van der Waals surface area contributed by atoms with Crippen LogP contribution in [-0.4, -0.2) is 31.3 Å². The molecule has 1 N–H and O–H groups in total. The van der Waals surface area contributed by atoms with Gasteiger partial charge >= 0.3 is 5.97 Å². The van der Waals surface area contributed by atoms with Crippen molar-refractivity contribution >= 4 is 5.97 Å². The van der Waals surface area contributed by atoms with Gasteiger partial charge in [-0.05, 0) is 23.4 Å². The van der Waals surface area contributed by atoms with Gasteiger partial charge in [0.15, 0.2) is 5.82 Å². The van der Waals surface area contributed by atoms with Crippen LogP contribution < -0.4 is 0 Å². The van der Waals surface area contributed by atoms with Gasteiger partial charge in [0.25, 0.3) is 0 Å². The number of rotatable bonds is 3. The van der Waals surface area contributed by atoms with Gasteiger partial charge in [0.1, 0.15) is 5.69 Å². The van der Waals surface area contributed by atoms with Gasteiger partial charge in [-0.3, -0.25) is 0 Å². The summed E-state index contributed by atoms with van der Waals surface area (Å²) in [5.41, 5.74) is 0.653. The molecule has 0 saturated carbocycles. The number of aromatic nitrogens is 4. The number of halogens is 1. The molecule has 0 saturated heterocycles. The third kappa shape index (κ3) is 2.48. The quantitative estimate of drug-likeness (QED) is 0.797. The van der Waals surface area contributed by atoms with Gasteiger partial charge in [-0.25, -0.2) is 9.18 Å². The maximum absolute atomic E-state index is 13.9. The summed E-state index contributed by atoms with van der Waals surface area (Å²) in [6.45, 7) is 0. The Kier molecular flexibility index (Phi) is 3.15. The maximum Gasteiger partial charge on any atom is 0.335 e. The summed E-state index contributed by atoms with van der Waals surface area (Å²) in [5.74, 6) is -1.57. The molecule has 7 heteroatoms. The molecular formula is C14H9FN4O2. The Balaban J connectivity index is 1.99. The first-order valence-corrected chi connectivity index (χ1v) is 6.04. The maximum atomic E-state index is 13.9. The number of tetrazole rings is 1. The van der Waals surface area contributed by atoms with Gasteiger partial charge in [0, 0.05) is 5.56 Å². The molecule has 2 aromatic carbocycles. The van der Waals surface area contributed by atoms with Crippen LogP contribution in [0.4, 0.5) is 4.39 Å². The minimum absolute atomic E-state index is 0.0367. The SMILES string of the molecule is O=C(O)c1ccc(-n2nnc(-c3ccccc3)n2)c(F)c1. The largest absolute Gasteiger partial charge is 0.478 e. The Labute approximate surface area is 118 Å². The molecule has 104 valence electrons. The zero-order valence-electron chi connectivity index (χ0n) is 10.6. The molecule has 0 spiro atoms. The highest BCUT2D eigenvalue weighted by Gasteiger charge is 2.13. The van der Waals surface area contributed by atoms with Crippen molar-refractivity contribution in [3.8, 4) is 17.1 Å². The Morgan fingerprint density at radius 1 is 1.14 bits per heavy atom. The summed E-state index contributed by atoms with van der Waals surface area (Å²) in [5, 5.41) is 20.5. The zero-order chi connectivity index (χ0) is 14.8. The van der Waals surface area contributed by atoms with E-state index in [1.54, 1.807) is 0 Å². The predicted molar refractivity (Wildman–Crippen MR) is 71.5 cm³/mol. The first kappa shape index (κ1) is 12.9. The Morgan fingerprint density at radius 3 is 2.57 bits per heavy atom. The lowest BCUT2D eigenvalue weighted by atomic mass is 10.2. The number of nitrogens with zero attached hydrogens (tertiary/aromatic N) is 4. The summed E-state index contributed by atoms with van der Waals surface area (Å²) >= 11 is 0. The third-order valence-electron chi connectivity index (χ3n) is 2.86. The topological polar surface area (TPSA) is 80.9 Å². The molecule has 0 aliphatic carbocycles. The summed E-state index contributed by atoms with van der Waals surface area (Å²) in [4.78, 5) is 11.8. The standard InChI is InChI=1S/C14H9FN4O2/c15-11-8-10(14(20)21)6-7-12(11)19-17-13(16-18-19)9-4-2-1-3-5-9/h1-8H,(H,20,21). The molecular weight excluding hydrogens is 275 g/mol. The van der Waals surface area contributed by atoms with E-state index in [0.29, 0.717) is 5.82 Å². The van der Waals surface area contributed by atoms with Gasteiger partial charge < -0.3 is 5.11 Å². The van der Waals surface area contributed by atoms with Crippen LogP contribution in [0.15, 0.2) is 48.5 Å². The number of carboxylic acids is 1. The monoisotopic (exact) mass is 284 g/mol. The fourth-order valence-corrected chi connectivity index (χ4v) is 1.82. The molecule has 6 nitrogen and oxygen atoms in total. The molecule has 3 aromatic rings. The highest BCUT2D eigenvalue weighted by Crippen LogP contribution is 2.16. The van der Waals surface area contributed by atoms with Crippen LogP contribution >= 0.6 is 0 Å². The number of hydrogen-bond acceptors (Lipinski definition) is 4. The molecule has 3 rings (SSSR count). The molecule has 0 bridgehead atoms. The van der Waals surface area contributed by atoms with Gasteiger partial charge in [0.2, 0.25) is 5.82 Å². The van der Waals surface area contributed by atoms with Crippen LogP contribution in [-0.2, 0) is 0 Å². The molecule has 21 heavy (non-hydrogen) atoms. The Hall–Kier alpha value is -3.09. The van der Waals surface area contributed by atoms with Crippen LogP contribution in [0.2, 0.25) is 0 Å². The van der Waals surface area contributed by atoms with Crippen LogP contribution in [0.5, 0.6) is 0 Å². The van der Waals surface area contributed by atoms with Crippen molar-refractivity contribution in [3.05, 3.63) is 59.9 Å². The van der Waals surface area contributed by atoms with Crippen LogP contribution in [0.1, 0.15) is 10.4 Å². The Morgan fingerprint density at radius 2 is 1.90 bits per heavy atom. The van der Waals surface area contributed by atoms with E-state index in [9.17, 15) is 9.18 Å². The average Bonchev–Trinajstić information content (AvgIpc) is 2.97. The van der Waals surface area contributed by atoms with Crippen LogP contribution in [0.3, 0.4) is 0 Å². The highest BCUT2D eigenvalue weighted by atomic mass is 19.1. The Bertz CT molecular complexity index is 802. The third-order valence-corrected chi connectivity index (χ3v) is 2.86. The number of hydrogen-bond donors (Lipinski definition) is 1. The zero-order valence-corrected chi connectivity index (χ0v) is 10.6. The van der Waals surface area contributed by atoms with E-state index < -0.39 is 11.8 Å². The minimum atomic E-state index is -1.20. The van der Waals surface area contributed by atoms with Crippen LogP contribution in [0.25, 0.3) is 17.1 Å². The number of carbonyl (C=O) groups is 1. The first-order valence-electron chi connectivity index (χ1n) is 6.04. The fraction of sp³-hybridized carbons (Fsp3) is 0. The number of carboxylic acid groups (broad SMARTS) is 1. The van der Waals surface area contributed by atoms with Crippen molar-refractivity contribution in [1.82, 2.24) is 20.2 Å². The molecule has 0 atom stereocenters. The second-order valence-corrected chi connectivity index (χ2v) is 4.24. The normalized spacial score (nSPS) is 10.5. The van der Waals surface area contributed by atoms with Gasteiger partial charge in [0.05, 0.1) is 5.56 Å². The van der Waals surface area contributed by atoms with E-state index in [1.165, 1.54) is 12.1 Å². The van der Waals surface area contributed by atoms with Gasteiger partial charge in [-0.15, -0.1) is 15.0 Å². The first-order chi connectivity index (χ1) is 10.1. The summed E-state index contributed by atoms with van der Waals surface area (Å²) in [6.07, 6.45) is 0. The van der Waals surface area contributed by atoms with Crippen molar-refractivity contribution in [3.63, 3.8) is 0 Å². The molecule has 0 aliphatic rings. The van der Waals surface area contributed by atoms with E-state index in [-0.39, 0.29) is 11.3 Å². The van der Waals surface area contributed by atoms with Gasteiger partial charge in [-0.2, -0.15) is 0 Å². The molecule has 0 fully saturated rings. The molecule has 0 unspecified atom stereocenters. The summed E-state index contributed by atoms with van der Waals surface area (Å²) in [7, 11) is 0. The lowest BCUT2D eigenvalue weighted by Gasteiger charge is -2.01. The van der Waals surface area contributed by atoms with E-state index in [2.05, 4.69) is 15.4 Å². The predicted octanol–water partition coefficient (Wildman–Crippen LogP) is 2.17. The lowest BCUT2D eigenvalue weighted by Crippen LogP contribution is -2.05. The molecule has 0 radical (unpaired) electrons. The average molecular weight is 284 g/mol. The van der Waals surface area contributed by atoms with Gasteiger partial charge in [-0.1, -0.05) is 30.3 Å². The van der Waals surface area contributed by atoms with Crippen molar-refractivity contribution in [2.24, 2.45) is 0 Å². The van der Waals surface area contributed by atoms with E-state index in [1.807, 2.05) is 30.3 Å². The molecule has 1 heterocycles. The van der Waals surface area contributed by atoms with Crippen molar-refractivity contribution < 1.29 is 14.3 Å². The lowest BCUT2D eigenvalue weighted by molar-refractivity contribution is 0.0696. The van der Waals surface area contributed by atoms with Crippen LogP contribution in [0, 0.1) is 5.82 Å². The van der Waals surface area contributed by atoms with Crippen molar-refractivity contribution in [2.75, 3.05) is 0 Å². The second-order valence-electron chi connectivity index (χ2n) is 4.24. The highest BCUT2D eigenvalue weighted by molar-refractivity contribution is 5.87. The number of benzene rings is 2. The summed E-state index contributed by atoms with van der Waals surface area (Å²) < 4.78 is 13.9. The van der Waals surface area contributed by atoms with Crippen molar-refractivity contribution in [2.45, 2.75) is 0 Å². The minimum Gasteiger partial charge on any atom is -0.478 e. The molecule has 1 aromatic heterocycles. The smallest absolute Gasteiger partial charge is 0.335 e. The second kappa shape index (κ2) is 5.12. The fourth-order valence-electron chi connectivity index (χ4n) is 1.82. The van der Waals surface area contributed by atoms with E-state index in [4.69, 9.17) is 5.11 Å². The van der Waals surface area contributed by atoms with E-state index in [0.717, 1.165) is 16.4 Å². The summed E-state index contributed by atoms with van der Waals surface area (Å²) in [6, 6.07) is 12.6. The molecule has 0 amide bonds. The van der Waals surface area contributed by atoms with Crippen molar-refractivity contribution in [1.29, 1.82) is 0 Å². The molecule has 0 aliphatic heterocycles. The van der Waals surface area contributed by atoms with E-state index >= 15 is 0 Å².